The van der Waals surface area contributed by atoms with E-state index < -0.39 is 10.0 Å². The molecule has 3 rings (SSSR count). The molecule has 142 valence electrons. The SMILES string of the molecule is O=C(Cc1ccccc1)NC(=S)Nc1ccc(S(=O)(=O)N2CCCC2)cc1. The van der Waals surface area contributed by atoms with E-state index >= 15 is 0 Å². The number of hydrogen-bond donors (Lipinski definition) is 2. The third-order valence-corrected chi connectivity index (χ3v) is 6.39. The number of carbonyl (C=O) groups excluding carboxylic acids is 1. The van der Waals surface area contributed by atoms with E-state index in [1.165, 1.54) is 4.31 Å². The van der Waals surface area contributed by atoms with Crippen molar-refractivity contribution in [3.8, 4) is 0 Å². The molecule has 0 bridgehead atoms. The molecular formula is C19H21N3O3S2. The van der Waals surface area contributed by atoms with Gasteiger partial charge in [0.1, 0.15) is 0 Å². The number of carbonyl (C=O) groups is 1. The molecule has 0 radical (unpaired) electrons. The molecule has 27 heavy (non-hydrogen) atoms. The minimum absolute atomic E-state index is 0.172. The fourth-order valence-corrected chi connectivity index (χ4v) is 4.65. The second-order valence-corrected chi connectivity index (χ2v) is 8.65. The predicted octanol–water partition coefficient (Wildman–Crippen LogP) is 2.53. The highest BCUT2D eigenvalue weighted by molar-refractivity contribution is 7.89. The summed E-state index contributed by atoms with van der Waals surface area (Å²) in [6.07, 6.45) is 2.03. The van der Waals surface area contributed by atoms with E-state index in [9.17, 15) is 13.2 Å². The van der Waals surface area contributed by atoms with Crippen LogP contribution >= 0.6 is 12.2 Å². The van der Waals surface area contributed by atoms with Gasteiger partial charge in [-0.1, -0.05) is 30.3 Å². The lowest BCUT2D eigenvalue weighted by Crippen LogP contribution is -2.35. The average Bonchev–Trinajstić information content (AvgIpc) is 3.18. The minimum atomic E-state index is -3.43. The molecule has 6 nitrogen and oxygen atoms in total. The third-order valence-electron chi connectivity index (χ3n) is 4.28. The summed E-state index contributed by atoms with van der Waals surface area (Å²) in [5.74, 6) is -0.216. The van der Waals surface area contributed by atoms with Crippen LogP contribution in [0.25, 0.3) is 0 Å². The zero-order chi connectivity index (χ0) is 19.3. The summed E-state index contributed by atoms with van der Waals surface area (Å²) >= 11 is 5.15. The summed E-state index contributed by atoms with van der Waals surface area (Å²) in [6.45, 7) is 1.14. The smallest absolute Gasteiger partial charge is 0.243 e. The molecule has 1 fully saturated rings. The first-order valence-corrected chi connectivity index (χ1v) is 10.5. The summed E-state index contributed by atoms with van der Waals surface area (Å²) in [5.41, 5.74) is 1.51. The van der Waals surface area contributed by atoms with Gasteiger partial charge in [-0.3, -0.25) is 4.79 Å². The molecule has 0 atom stereocenters. The lowest BCUT2D eigenvalue weighted by atomic mass is 10.1. The average molecular weight is 404 g/mol. The van der Waals surface area contributed by atoms with Gasteiger partial charge in [0.15, 0.2) is 5.11 Å². The monoisotopic (exact) mass is 403 g/mol. The van der Waals surface area contributed by atoms with E-state index in [4.69, 9.17) is 12.2 Å². The Morgan fingerprint density at radius 3 is 2.26 bits per heavy atom. The summed E-state index contributed by atoms with van der Waals surface area (Å²) in [6, 6.07) is 15.7. The first kappa shape index (κ1) is 19.5. The standard InChI is InChI=1S/C19H21N3O3S2/c23-18(14-15-6-2-1-3-7-15)21-19(26)20-16-8-10-17(11-9-16)27(24,25)22-12-4-5-13-22/h1-3,6-11H,4-5,12-14H2,(H2,20,21,23,26). The van der Waals surface area contributed by atoms with Gasteiger partial charge in [0, 0.05) is 18.8 Å². The van der Waals surface area contributed by atoms with Crippen LogP contribution in [0.15, 0.2) is 59.5 Å². The highest BCUT2D eigenvalue weighted by Crippen LogP contribution is 2.22. The van der Waals surface area contributed by atoms with Crippen molar-refractivity contribution in [3.63, 3.8) is 0 Å². The van der Waals surface area contributed by atoms with Gasteiger partial charge < -0.3 is 10.6 Å². The van der Waals surface area contributed by atoms with E-state index in [-0.39, 0.29) is 22.3 Å². The molecule has 1 saturated heterocycles. The van der Waals surface area contributed by atoms with Gasteiger partial charge >= 0.3 is 0 Å². The lowest BCUT2D eigenvalue weighted by Gasteiger charge is -2.16. The van der Waals surface area contributed by atoms with Gasteiger partial charge in [-0.2, -0.15) is 4.31 Å². The van der Waals surface area contributed by atoms with Crippen LogP contribution in [0.1, 0.15) is 18.4 Å². The fraction of sp³-hybridized carbons (Fsp3) is 0.263. The topological polar surface area (TPSA) is 78.5 Å². The highest BCUT2D eigenvalue weighted by atomic mass is 32.2. The van der Waals surface area contributed by atoms with Crippen LogP contribution in [-0.4, -0.2) is 36.8 Å². The quantitative estimate of drug-likeness (QED) is 0.750. The first-order chi connectivity index (χ1) is 12.9. The van der Waals surface area contributed by atoms with Crippen molar-refractivity contribution in [3.05, 3.63) is 60.2 Å². The van der Waals surface area contributed by atoms with E-state index in [1.54, 1.807) is 24.3 Å². The van der Waals surface area contributed by atoms with Crippen molar-refractivity contribution in [2.24, 2.45) is 0 Å². The molecule has 0 unspecified atom stereocenters. The molecular weight excluding hydrogens is 382 g/mol. The second kappa shape index (κ2) is 8.60. The van der Waals surface area contributed by atoms with Crippen molar-refractivity contribution in [1.82, 2.24) is 9.62 Å². The van der Waals surface area contributed by atoms with Gasteiger partial charge in [-0.15, -0.1) is 0 Å². The number of hydrogen-bond acceptors (Lipinski definition) is 4. The summed E-state index contributed by atoms with van der Waals surface area (Å²) in [7, 11) is -3.43. The molecule has 2 aromatic carbocycles. The highest BCUT2D eigenvalue weighted by Gasteiger charge is 2.26. The second-order valence-electron chi connectivity index (χ2n) is 6.30. The van der Waals surface area contributed by atoms with Crippen LogP contribution in [0.5, 0.6) is 0 Å². The van der Waals surface area contributed by atoms with E-state index in [2.05, 4.69) is 10.6 Å². The number of nitrogens with one attached hydrogen (secondary N) is 2. The summed E-state index contributed by atoms with van der Waals surface area (Å²) in [4.78, 5) is 12.3. The van der Waals surface area contributed by atoms with Crippen molar-refractivity contribution >= 4 is 38.9 Å². The molecule has 2 N–H and O–H groups in total. The molecule has 0 saturated carbocycles. The fourth-order valence-electron chi connectivity index (χ4n) is 2.90. The zero-order valence-electron chi connectivity index (χ0n) is 14.7. The molecule has 1 heterocycles. The minimum Gasteiger partial charge on any atom is -0.332 e. The maximum absolute atomic E-state index is 12.5. The Bertz CT molecular complexity index is 907. The Hall–Kier alpha value is -2.29. The number of amides is 1. The molecule has 2 aromatic rings. The number of thiocarbonyl (C=S) groups is 1. The predicted molar refractivity (Wildman–Crippen MR) is 109 cm³/mol. The number of anilines is 1. The van der Waals surface area contributed by atoms with Crippen LogP contribution in [0, 0.1) is 0 Å². The Balaban J connectivity index is 1.56. The van der Waals surface area contributed by atoms with Gasteiger partial charge in [0.05, 0.1) is 11.3 Å². The van der Waals surface area contributed by atoms with Crippen LogP contribution in [0.3, 0.4) is 0 Å². The number of nitrogens with zero attached hydrogens (tertiary/aromatic N) is 1. The molecule has 1 aliphatic rings. The van der Waals surface area contributed by atoms with Crippen molar-refractivity contribution in [2.45, 2.75) is 24.2 Å². The number of sulfonamides is 1. The van der Waals surface area contributed by atoms with Crippen LogP contribution < -0.4 is 10.6 Å². The molecule has 0 aliphatic carbocycles. The van der Waals surface area contributed by atoms with Gasteiger partial charge in [0.2, 0.25) is 15.9 Å². The zero-order valence-corrected chi connectivity index (χ0v) is 16.4. The number of rotatable bonds is 5. The Morgan fingerprint density at radius 1 is 1.00 bits per heavy atom. The molecule has 0 aromatic heterocycles. The first-order valence-electron chi connectivity index (χ1n) is 8.70. The maximum atomic E-state index is 12.5. The lowest BCUT2D eigenvalue weighted by molar-refractivity contribution is -0.119. The number of benzene rings is 2. The van der Waals surface area contributed by atoms with Crippen molar-refractivity contribution in [1.29, 1.82) is 0 Å². The normalized spacial score (nSPS) is 14.7. The largest absolute Gasteiger partial charge is 0.332 e. The van der Waals surface area contributed by atoms with E-state index in [1.807, 2.05) is 30.3 Å². The van der Waals surface area contributed by atoms with E-state index in [0.717, 1.165) is 18.4 Å². The van der Waals surface area contributed by atoms with Crippen LogP contribution in [0.2, 0.25) is 0 Å². The van der Waals surface area contributed by atoms with Gasteiger partial charge in [0.25, 0.3) is 0 Å². The van der Waals surface area contributed by atoms with Crippen molar-refractivity contribution < 1.29 is 13.2 Å². The Kier molecular flexibility index (Phi) is 6.20. The molecule has 1 aliphatic heterocycles. The van der Waals surface area contributed by atoms with E-state index in [0.29, 0.717) is 18.8 Å². The summed E-state index contributed by atoms with van der Waals surface area (Å²) < 4.78 is 26.5. The Morgan fingerprint density at radius 2 is 1.63 bits per heavy atom. The molecule has 1 amide bonds. The molecule has 8 heteroatoms. The summed E-state index contributed by atoms with van der Waals surface area (Å²) in [5, 5.41) is 5.69. The van der Waals surface area contributed by atoms with Crippen molar-refractivity contribution in [2.75, 3.05) is 18.4 Å². The van der Waals surface area contributed by atoms with Crippen LogP contribution in [-0.2, 0) is 21.2 Å². The van der Waals surface area contributed by atoms with Crippen LogP contribution in [0.4, 0.5) is 5.69 Å². The molecule has 0 spiro atoms. The van der Waals surface area contributed by atoms with Gasteiger partial charge in [-0.25, -0.2) is 8.42 Å². The third kappa shape index (κ3) is 5.12. The maximum Gasteiger partial charge on any atom is 0.243 e. The Labute approximate surface area is 164 Å². The van der Waals surface area contributed by atoms with Gasteiger partial charge in [-0.05, 0) is 54.9 Å².